The lowest BCUT2D eigenvalue weighted by molar-refractivity contribution is -0.116. The number of fused-ring (bicyclic) bond motifs is 1. The molecule has 0 atom stereocenters. The van der Waals surface area contributed by atoms with Gasteiger partial charge in [0.15, 0.2) is 11.5 Å². The van der Waals surface area contributed by atoms with E-state index in [2.05, 4.69) is 10.6 Å². The molecular formula is C18H19ClN2O3. The van der Waals surface area contributed by atoms with Crippen LogP contribution in [-0.2, 0) is 11.2 Å². The molecule has 1 aliphatic rings. The summed E-state index contributed by atoms with van der Waals surface area (Å²) in [6.07, 6.45) is 1.32. The Kier molecular flexibility index (Phi) is 5.56. The lowest BCUT2D eigenvalue weighted by Gasteiger charge is -2.07. The van der Waals surface area contributed by atoms with Gasteiger partial charge >= 0.3 is 0 Å². The van der Waals surface area contributed by atoms with Crippen LogP contribution >= 0.6 is 11.6 Å². The smallest absolute Gasteiger partial charge is 0.231 e. The molecule has 3 rings (SSSR count). The zero-order chi connectivity index (χ0) is 16.8. The normalized spacial score (nSPS) is 12.2. The van der Waals surface area contributed by atoms with Crippen LogP contribution in [0.3, 0.4) is 0 Å². The van der Waals surface area contributed by atoms with Gasteiger partial charge in [0, 0.05) is 29.7 Å². The average Bonchev–Trinajstić information content (AvgIpc) is 3.04. The molecule has 6 heteroatoms. The first-order valence-corrected chi connectivity index (χ1v) is 8.23. The third-order valence-electron chi connectivity index (χ3n) is 3.69. The highest BCUT2D eigenvalue weighted by atomic mass is 35.5. The van der Waals surface area contributed by atoms with Crippen LogP contribution in [0.2, 0.25) is 5.02 Å². The van der Waals surface area contributed by atoms with Crippen molar-refractivity contribution in [1.29, 1.82) is 0 Å². The summed E-state index contributed by atoms with van der Waals surface area (Å²) >= 11 is 5.85. The number of carbonyl (C=O) groups is 1. The molecule has 2 aromatic rings. The fraction of sp³-hybridized carbons (Fsp3) is 0.278. The molecule has 0 radical (unpaired) electrons. The summed E-state index contributed by atoms with van der Waals surface area (Å²) in [5.74, 6) is 1.33. The van der Waals surface area contributed by atoms with Gasteiger partial charge in [-0.3, -0.25) is 4.79 Å². The minimum absolute atomic E-state index is 0.0344. The Morgan fingerprint density at radius 1 is 1.04 bits per heavy atom. The van der Waals surface area contributed by atoms with Crippen LogP contribution in [0.15, 0.2) is 42.5 Å². The van der Waals surface area contributed by atoms with Crippen molar-refractivity contribution in [3.05, 3.63) is 53.1 Å². The zero-order valence-electron chi connectivity index (χ0n) is 13.2. The first-order valence-electron chi connectivity index (χ1n) is 7.85. The maximum Gasteiger partial charge on any atom is 0.231 e. The minimum atomic E-state index is -0.0344. The highest BCUT2D eigenvalue weighted by Crippen LogP contribution is 2.34. The number of hydrogen-bond donors (Lipinski definition) is 2. The van der Waals surface area contributed by atoms with Crippen molar-refractivity contribution in [3.63, 3.8) is 0 Å². The van der Waals surface area contributed by atoms with Gasteiger partial charge in [-0.25, -0.2) is 0 Å². The van der Waals surface area contributed by atoms with Crippen LogP contribution < -0.4 is 20.1 Å². The van der Waals surface area contributed by atoms with Crippen LogP contribution in [0, 0.1) is 0 Å². The van der Waals surface area contributed by atoms with E-state index in [1.54, 1.807) is 18.2 Å². The second kappa shape index (κ2) is 8.04. The molecule has 0 saturated heterocycles. The number of rotatable bonds is 7. The Balaban J connectivity index is 1.34. The molecule has 0 bridgehead atoms. The third-order valence-corrected chi connectivity index (χ3v) is 3.94. The molecule has 5 nitrogen and oxygen atoms in total. The van der Waals surface area contributed by atoms with E-state index in [0.29, 0.717) is 30.2 Å². The van der Waals surface area contributed by atoms with Gasteiger partial charge in [-0.1, -0.05) is 23.7 Å². The third kappa shape index (κ3) is 4.63. The van der Waals surface area contributed by atoms with Crippen LogP contribution in [0.1, 0.15) is 12.0 Å². The number of halogens is 1. The Labute approximate surface area is 145 Å². The molecular weight excluding hydrogens is 328 g/mol. The van der Waals surface area contributed by atoms with Crippen molar-refractivity contribution in [2.24, 2.45) is 0 Å². The molecule has 0 spiro atoms. The number of anilines is 1. The molecule has 2 N–H and O–H groups in total. The summed E-state index contributed by atoms with van der Waals surface area (Å²) in [6.45, 7) is 1.67. The molecule has 0 fully saturated rings. The van der Waals surface area contributed by atoms with Crippen molar-refractivity contribution in [2.45, 2.75) is 12.8 Å². The van der Waals surface area contributed by atoms with E-state index in [1.165, 1.54) is 5.56 Å². The Morgan fingerprint density at radius 2 is 1.83 bits per heavy atom. The fourth-order valence-corrected chi connectivity index (χ4v) is 2.53. The number of nitrogens with one attached hydrogen (secondary N) is 2. The fourth-order valence-electron chi connectivity index (χ4n) is 2.41. The lowest BCUT2D eigenvalue weighted by Crippen LogP contribution is -2.23. The van der Waals surface area contributed by atoms with E-state index in [0.717, 1.165) is 18.0 Å². The Bertz CT molecular complexity index is 704. The van der Waals surface area contributed by atoms with Gasteiger partial charge in [0.2, 0.25) is 12.7 Å². The number of carbonyl (C=O) groups excluding carboxylic acids is 1. The molecule has 0 aromatic heterocycles. The van der Waals surface area contributed by atoms with Gasteiger partial charge in [0.1, 0.15) is 0 Å². The van der Waals surface area contributed by atoms with Gasteiger partial charge in [0.25, 0.3) is 0 Å². The number of benzene rings is 2. The largest absolute Gasteiger partial charge is 0.454 e. The van der Waals surface area contributed by atoms with Gasteiger partial charge in [-0.05, 0) is 42.8 Å². The van der Waals surface area contributed by atoms with E-state index < -0.39 is 0 Å². The number of hydrogen-bond acceptors (Lipinski definition) is 4. The summed E-state index contributed by atoms with van der Waals surface area (Å²) in [4.78, 5) is 11.9. The topological polar surface area (TPSA) is 59.6 Å². The molecule has 24 heavy (non-hydrogen) atoms. The predicted octanol–water partition coefficient (Wildman–Crippen LogP) is 3.23. The van der Waals surface area contributed by atoms with Crippen LogP contribution in [-0.4, -0.2) is 25.8 Å². The van der Waals surface area contributed by atoms with Crippen molar-refractivity contribution < 1.29 is 14.3 Å². The summed E-state index contributed by atoms with van der Waals surface area (Å²) < 4.78 is 10.5. The second-order valence-corrected chi connectivity index (χ2v) is 5.93. The number of amides is 1. The van der Waals surface area contributed by atoms with Gasteiger partial charge in [0.05, 0.1) is 0 Å². The van der Waals surface area contributed by atoms with E-state index in [4.69, 9.17) is 21.1 Å². The van der Waals surface area contributed by atoms with Crippen LogP contribution in [0.25, 0.3) is 0 Å². The Hall–Kier alpha value is -2.24. The quantitative estimate of drug-likeness (QED) is 0.756. The van der Waals surface area contributed by atoms with Crippen molar-refractivity contribution in [1.82, 2.24) is 5.32 Å². The second-order valence-electron chi connectivity index (χ2n) is 5.49. The maximum absolute atomic E-state index is 11.9. The summed E-state index contributed by atoms with van der Waals surface area (Å²) in [6, 6.07) is 13.2. The van der Waals surface area contributed by atoms with E-state index in [1.807, 2.05) is 24.3 Å². The maximum atomic E-state index is 11.9. The van der Waals surface area contributed by atoms with Crippen molar-refractivity contribution >= 4 is 23.2 Å². The standard InChI is InChI=1S/C18H19ClN2O3/c19-14-3-1-13(2-4-14)7-9-20-10-8-18(22)21-15-5-6-16-17(11-15)24-12-23-16/h1-6,11,20H,7-10,12H2,(H,21,22). The molecule has 0 aliphatic carbocycles. The average molecular weight is 347 g/mol. The molecule has 1 aliphatic heterocycles. The predicted molar refractivity (Wildman–Crippen MR) is 93.8 cm³/mol. The molecule has 2 aromatic carbocycles. The molecule has 126 valence electrons. The minimum Gasteiger partial charge on any atom is -0.454 e. The monoisotopic (exact) mass is 346 g/mol. The zero-order valence-corrected chi connectivity index (χ0v) is 13.9. The first-order chi connectivity index (χ1) is 11.7. The van der Waals surface area contributed by atoms with E-state index in [-0.39, 0.29) is 12.7 Å². The highest BCUT2D eigenvalue weighted by molar-refractivity contribution is 6.30. The SMILES string of the molecule is O=C(CCNCCc1ccc(Cl)cc1)Nc1ccc2c(c1)OCO2. The summed E-state index contributed by atoms with van der Waals surface area (Å²) in [7, 11) is 0. The van der Waals surface area contributed by atoms with E-state index in [9.17, 15) is 4.79 Å². The molecule has 1 amide bonds. The summed E-state index contributed by atoms with van der Waals surface area (Å²) in [5, 5.41) is 6.87. The number of ether oxygens (including phenoxy) is 2. The lowest BCUT2D eigenvalue weighted by atomic mass is 10.1. The molecule has 0 unspecified atom stereocenters. The van der Waals surface area contributed by atoms with E-state index >= 15 is 0 Å². The molecule has 1 heterocycles. The van der Waals surface area contributed by atoms with Gasteiger partial charge < -0.3 is 20.1 Å². The van der Waals surface area contributed by atoms with Crippen LogP contribution in [0.4, 0.5) is 5.69 Å². The van der Waals surface area contributed by atoms with Gasteiger partial charge in [-0.15, -0.1) is 0 Å². The first kappa shape index (κ1) is 16.6. The Morgan fingerprint density at radius 3 is 2.67 bits per heavy atom. The van der Waals surface area contributed by atoms with Gasteiger partial charge in [-0.2, -0.15) is 0 Å². The van der Waals surface area contributed by atoms with Crippen molar-refractivity contribution in [2.75, 3.05) is 25.2 Å². The van der Waals surface area contributed by atoms with Crippen molar-refractivity contribution in [3.8, 4) is 11.5 Å². The highest BCUT2D eigenvalue weighted by Gasteiger charge is 2.13. The molecule has 0 saturated carbocycles. The van der Waals surface area contributed by atoms with Crippen LogP contribution in [0.5, 0.6) is 11.5 Å². The summed E-state index contributed by atoms with van der Waals surface area (Å²) in [5.41, 5.74) is 1.93.